The molecule has 0 aliphatic rings. The molecule has 0 aliphatic carbocycles. The lowest BCUT2D eigenvalue weighted by atomic mass is 9.95. The number of anilines is 1. The molecule has 0 radical (unpaired) electrons. The highest BCUT2D eigenvalue weighted by atomic mass is 35.5. The summed E-state index contributed by atoms with van der Waals surface area (Å²) in [5.74, 6) is 0.286. The first-order valence-electron chi connectivity index (χ1n) is 14.9. The number of fused-ring (bicyclic) bond motifs is 1. The standard InChI is InChI=1S/C37H35ClN2O8/c1-37(2,3)48-36(43)39-24-12-14-25(15-13-24)40-33(35(42)46-6)31(23-18-29(44-4)32(38)30(19-23)45-5)27-17-16-26(20-28(27)34(40)41)47-21-22-10-8-7-9-11-22/h7-20H,21H2,1-6H3,(H,39,43). The van der Waals surface area contributed by atoms with Gasteiger partial charge >= 0.3 is 12.1 Å². The number of esters is 1. The highest BCUT2D eigenvalue weighted by Gasteiger charge is 2.27. The van der Waals surface area contributed by atoms with Crippen LogP contribution < -0.4 is 25.1 Å². The first kappa shape index (κ1) is 33.9. The Bertz CT molecular complexity index is 2010. The molecule has 1 N–H and O–H groups in total. The van der Waals surface area contributed by atoms with Crippen molar-refractivity contribution in [2.24, 2.45) is 0 Å². The molecule has 0 saturated heterocycles. The summed E-state index contributed by atoms with van der Waals surface area (Å²) in [7, 11) is 4.17. The van der Waals surface area contributed by atoms with Crippen LogP contribution in [0.15, 0.2) is 89.7 Å². The number of nitrogens with zero attached hydrogens (tertiary/aromatic N) is 1. The zero-order valence-electron chi connectivity index (χ0n) is 27.4. The normalized spacial score (nSPS) is 11.1. The lowest BCUT2D eigenvalue weighted by molar-refractivity contribution is 0.0589. The zero-order valence-corrected chi connectivity index (χ0v) is 28.1. The number of nitrogens with one attached hydrogen (secondary N) is 1. The number of methoxy groups -OCH3 is 3. The van der Waals surface area contributed by atoms with Gasteiger partial charge in [0.1, 0.15) is 40.2 Å². The van der Waals surface area contributed by atoms with E-state index in [0.717, 1.165) is 5.56 Å². The molecular weight excluding hydrogens is 636 g/mol. The van der Waals surface area contributed by atoms with Crippen LogP contribution in [-0.2, 0) is 16.1 Å². The van der Waals surface area contributed by atoms with Gasteiger partial charge in [-0.15, -0.1) is 0 Å². The van der Waals surface area contributed by atoms with Gasteiger partial charge in [-0.2, -0.15) is 0 Å². The van der Waals surface area contributed by atoms with Crippen molar-refractivity contribution in [1.29, 1.82) is 0 Å². The van der Waals surface area contributed by atoms with E-state index < -0.39 is 23.2 Å². The van der Waals surface area contributed by atoms with Gasteiger partial charge in [-0.25, -0.2) is 9.59 Å². The molecule has 1 amide bonds. The maximum absolute atomic E-state index is 14.4. The quantitative estimate of drug-likeness (QED) is 0.157. The maximum atomic E-state index is 14.4. The van der Waals surface area contributed by atoms with Crippen LogP contribution in [0.3, 0.4) is 0 Å². The number of benzene rings is 4. The van der Waals surface area contributed by atoms with Crippen molar-refractivity contribution in [3.63, 3.8) is 0 Å². The summed E-state index contributed by atoms with van der Waals surface area (Å²) in [6, 6.07) is 24.5. The summed E-state index contributed by atoms with van der Waals surface area (Å²) in [4.78, 5) is 40.5. The van der Waals surface area contributed by atoms with Crippen molar-refractivity contribution >= 4 is 40.1 Å². The van der Waals surface area contributed by atoms with Gasteiger partial charge in [0.15, 0.2) is 0 Å². The number of ether oxygens (including phenoxy) is 5. The summed E-state index contributed by atoms with van der Waals surface area (Å²) in [5.41, 5.74) is 1.32. The first-order valence-corrected chi connectivity index (χ1v) is 15.3. The monoisotopic (exact) mass is 670 g/mol. The Morgan fingerprint density at radius 3 is 2.06 bits per heavy atom. The highest BCUT2D eigenvalue weighted by molar-refractivity contribution is 6.33. The third-order valence-electron chi connectivity index (χ3n) is 7.29. The number of hydrogen-bond acceptors (Lipinski definition) is 8. The molecule has 1 aromatic heterocycles. The van der Waals surface area contributed by atoms with Gasteiger partial charge in [-0.1, -0.05) is 41.9 Å². The van der Waals surface area contributed by atoms with Gasteiger partial charge in [-0.05, 0) is 91.9 Å². The summed E-state index contributed by atoms with van der Waals surface area (Å²) in [5, 5.41) is 3.64. The summed E-state index contributed by atoms with van der Waals surface area (Å²) < 4.78 is 29.0. The maximum Gasteiger partial charge on any atom is 0.412 e. The fourth-order valence-corrected chi connectivity index (χ4v) is 5.43. The molecule has 0 spiro atoms. The van der Waals surface area contributed by atoms with E-state index >= 15 is 0 Å². The van der Waals surface area contributed by atoms with Gasteiger partial charge in [0.2, 0.25) is 0 Å². The summed E-state index contributed by atoms with van der Waals surface area (Å²) in [6.45, 7) is 5.57. The minimum absolute atomic E-state index is 0.0489. The van der Waals surface area contributed by atoms with Crippen LogP contribution in [0.5, 0.6) is 17.2 Å². The minimum Gasteiger partial charge on any atom is -0.495 e. The number of rotatable bonds is 9. The Labute approximate surface area is 282 Å². The van der Waals surface area contributed by atoms with E-state index in [9.17, 15) is 14.4 Å². The molecule has 11 heteroatoms. The topological polar surface area (TPSA) is 114 Å². The molecule has 0 saturated carbocycles. The van der Waals surface area contributed by atoms with Crippen molar-refractivity contribution in [2.75, 3.05) is 26.6 Å². The molecular formula is C37H35ClN2O8. The molecule has 0 unspecified atom stereocenters. The van der Waals surface area contributed by atoms with Crippen molar-refractivity contribution < 1.29 is 33.3 Å². The van der Waals surface area contributed by atoms with Crippen LogP contribution in [0.4, 0.5) is 10.5 Å². The van der Waals surface area contributed by atoms with E-state index in [1.807, 2.05) is 30.3 Å². The molecule has 248 valence electrons. The molecule has 5 rings (SSSR count). The smallest absolute Gasteiger partial charge is 0.412 e. The van der Waals surface area contributed by atoms with E-state index in [-0.39, 0.29) is 22.7 Å². The van der Waals surface area contributed by atoms with E-state index in [0.29, 0.717) is 45.1 Å². The Morgan fingerprint density at radius 2 is 1.48 bits per heavy atom. The molecule has 0 aliphatic heterocycles. The average molecular weight is 671 g/mol. The second-order valence-corrected chi connectivity index (χ2v) is 12.1. The van der Waals surface area contributed by atoms with Crippen LogP contribution in [0, 0.1) is 0 Å². The molecule has 0 bridgehead atoms. The van der Waals surface area contributed by atoms with Crippen molar-refractivity contribution in [3.8, 4) is 34.1 Å². The van der Waals surface area contributed by atoms with Crippen molar-refractivity contribution in [1.82, 2.24) is 4.57 Å². The highest BCUT2D eigenvalue weighted by Crippen LogP contribution is 2.42. The van der Waals surface area contributed by atoms with Gasteiger partial charge in [-0.3, -0.25) is 14.7 Å². The van der Waals surface area contributed by atoms with Gasteiger partial charge in [0.05, 0.1) is 26.7 Å². The van der Waals surface area contributed by atoms with E-state index in [1.165, 1.54) is 25.9 Å². The van der Waals surface area contributed by atoms with Crippen LogP contribution in [-0.4, -0.2) is 43.6 Å². The predicted molar refractivity (Wildman–Crippen MR) is 185 cm³/mol. The molecule has 48 heavy (non-hydrogen) atoms. The van der Waals surface area contributed by atoms with E-state index in [4.69, 9.17) is 35.3 Å². The number of hydrogen-bond donors (Lipinski definition) is 1. The van der Waals surface area contributed by atoms with E-state index in [1.54, 1.807) is 75.4 Å². The first-order chi connectivity index (χ1) is 22.9. The number of halogens is 1. The molecule has 1 heterocycles. The number of carbonyl (C=O) groups excluding carboxylic acids is 2. The second-order valence-electron chi connectivity index (χ2n) is 11.7. The van der Waals surface area contributed by atoms with Crippen LogP contribution in [0.25, 0.3) is 27.6 Å². The number of pyridine rings is 1. The third-order valence-corrected chi connectivity index (χ3v) is 7.66. The molecule has 4 aromatic carbocycles. The van der Waals surface area contributed by atoms with Crippen molar-refractivity contribution in [3.05, 3.63) is 112 Å². The Hall–Kier alpha value is -5.48. The predicted octanol–water partition coefficient (Wildman–Crippen LogP) is 8.04. The molecule has 0 fully saturated rings. The number of carbonyl (C=O) groups is 2. The average Bonchev–Trinajstić information content (AvgIpc) is 3.07. The lowest BCUT2D eigenvalue weighted by Crippen LogP contribution is -2.27. The second kappa shape index (κ2) is 14.1. The Balaban J connectivity index is 1.75. The van der Waals surface area contributed by atoms with Crippen molar-refractivity contribution in [2.45, 2.75) is 33.0 Å². The fraction of sp³-hybridized carbons (Fsp3) is 0.216. The van der Waals surface area contributed by atoms with Crippen LogP contribution in [0.2, 0.25) is 5.02 Å². The number of amides is 1. The third kappa shape index (κ3) is 7.24. The Morgan fingerprint density at radius 1 is 0.833 bits per heavy atom. The van der Waals surface area contributed by atoms with Gasteiger partial charge < -0.3 is 23.7 Å². The minimum atomic E-state index is -0.766. The molecule has 10 nitrogen and oxygen atoms in total. The molecule has 5 aromatic rings. The Kier molecular flexibility index (Phi) is 9.95. The summed E-state index contributed by atoms with van der Waals surface area (Å²) in [6.07, 6.45) is -0.635. The fourth-order valence-electron chi connectivity index (χ4n) is 5.17. The van der Waals surface area contributed by atoms with Gasteiger partial charge in [0.25, 0.3) is 5.56 Å². The van der Waals surface area contributed by atoms with E-state index in [2.05, 4.69) is 5.32 Å². The lowest BCUT2D eigenvalue weighted by Gasteiger charge is -2.21. The zero-order chi connectivity index (χ0) is 34.6. The molecule has 0 atom stereocenters. The summed E-state index contributed by atoms with van der Waals surface area (Å²) >= 11 is 6.51. The van der Waals surface area contributed by atoms with Crippen LogP contribution >= 0.6 is 11.6 Å². The SMILES string of the molecule is COC(=O)c1c(-c2cc(OC)c(Cl)c(OC)c2)c2ccc(OCc3ccccc3)cc2c(=O)n1-c1ccc(NC(=O)OC(C)(C)C)cc1. The largest absolute Gasteiger partial charge is 0.495 e. The van der Waals surface area contributed by atoms with Crippen LogP contribution in [0.1, 0.15) is 36.8 Å². The number of aromatic nitrogens is 1. The van der Waals surface area contributed by atoms with Gasteiger partial charge in [0, 0.05) is 16.9 Å².